The summed E-state index contributed by atoms with van der Waals surface area (Å²) < 4.78 is 10.1. The lowest BCUT2D eigenvalue weighted by molar-refractivity contribution is 0.0611. The summed E-state index contributed by atoms with van der Waals surface area (Å²) in [4.78, 5) is 31.3. The number of amides is 2. The fourth-order valence-electron chi connectivity index (χ4n) is 2.49. The van der Waals surface area contributed by atoms with E-state index in [1.807, 2.05) is 0 Å². The summed E-state index contributed by atoms with van der Waals surface area (Å²) in [6.07, 6.45) is 1.26. The van der Waals surface area contributed by atoms with Gasteiger partial charge in [-0.15, -0.1) is 0 Å². The number of rotatable bonds is 2. The number of carbonyl (C=O) groups is 2. The number of hydrogen-bond acceptors (Lipinski definition) is 5. The number of cyclic esters (lactones) is 1. The average Bonchev–Trinajstić information content (AvgIpc) is 2.87. The van der Waals surface area contributed by atoms with E-state index in [0.29, 0.717) is 37.7 Å². The van der Waals surface area contributed by atoms with Crippen LogP contribution < -0.4 is 4.74 Å². The first-order valence-electron chi connectivity index (χ1n) is 6.42. The lowest BCUT2D eigenvalue weighted by Gasteiger charge is -2.35. The number of pyridine rings is 1. The molecule has 0 unspecified atom stereocenters. The molecule has 3 rings (SSSR count). The number of piperazine rings is 1. The first-order chi connectivity index (χ1) is 9.69. The van der Waals surface area contributed by atoms with Crippen LogP contribution in [0.15, 0.2) is 18.3 Å². The number of carbonyl (C=O) groups excluding carboxylic acids is 2. The summed E-state index contributed by atoms with van der Waals surface area (Å²) in [7, 11) is 1.55. The highest BCUT2D eigenvalue weighted by Gasteiger charge is 2.39. The van der Waals surface area contributed by atoms with Crippen LogP contribution in [-0.4, -0.2) is 66.2 Å². The summed E-state index contributed by atoms with van der Waals surface area (Å²) in [5, 5.41) is 0. The Hall–Kier alpha value is -2.31. The largest absolute Gasteiger partial charge is 0.497 e. The molecule has 0 bridgehead atoms. The van der Waals surface area contributed by atoms with Gasteiger partial charge in [-0.1, -0.05) is 0 Å². The molecule has 2 aliphatic rings. The molecule has 2 saturated heterocycles. The van der Waals surface area contributed by atoms with E-state index in [1.165, 1.54) is 0 Å². The Labute approximate surface area is 116 Å². The van der Waals surface area contributed by atoms with Crippen molar-refractivity contribution in [1.82, 2.24) is 14.8 Å². The molecular weight excluding hydrogens is 262 g/mol. The highest BCUT2D eigenvalue weighted by molar-refractivity contribution is 5.93. The predicted molar refractivity (Wildman–Crippen MR) is 68.5 cm³/mol. The van der Waals surface area contributed by atoms with Crippen molar-refractivity contribution in [3.63, 3.8) is 0 Å². The molecule has 0 N–H and O–H groups in total. The van der Waals surface area contributed by atoms with Crippen LogP contribution in [0.4, 0.5) is 4.79 Å². The van der Waals surface area contributed by atoms with E-state index in [1.54, 1.807) is 35.2 Å². The summed E-state index contributed by atoms with van der Waals surface area (Å²) in [6, 6.07) is 3.26. The molecule has 7 nitrogen and oxygen atoms in total. The quantitative estimate of drug-likeness (QED) is 0.781. The zero-order chi connectivity index (χ0) is 14.1. The average molecular weight is 277 g/mol. The Morgan fingerprint density at radius 2 is 2.35 bits per heavy atom. The van der Waals surface area contributed by atoms with E-state index in [2.05, 4.69) is 4.98 Å². The van der Waals surface area contributed by atoms with Crippen molar-refractivity contribution >= 4 is 12.0 Å². The zero-order valence-corrected chi connectivity index (χ0v) is 11.1. The highest BCUT2D eigenvalue weighted by Crippen LogP contribution is 2.19. The fraction of sp³-hybridized carbons (Fsp3) is 0.462. The molecule has 0 spiro atoms. The number of fused-ring (bicyclic) bond motifs is 1. The van der Waals surface area contributed by atoms with Crippen molar-refractivity contribution in [3.05, 3.63) is 24.0 Å². The van der Waals surface area contributed by atoms with Crippen LogP contribution in [0.2, 0.25) is 0 Å². The van der Waals surface area contributed by atoms with Crippen LogP contribution >= 0.6 is 0 Å². The van der Waals surface area contributed by atoms with Crippen LogP contribution in [0.3, 0.4) is 0 Å². The van der Waals surface area contributed by atoms with Gasteiger partial charge >= 0.3 is 6.09 Å². The van der Waals surface area contributed by atoms with Gasteiger partial charge in [0.15, 0.2) is 0 Å². The molecule has 7 heteroatoms. The third kappa shape index (κ3) is 2.15. The van der Waals surface area contributed by atoms with Gasteiger partial charge in [-0.05, 0) is 6.07 Å². The van der Waals surface area contributed by atoms with E-state index in [4.69, 9.17) is 9.47 Å². The van der Waals surface area contributed by atoms with Gasteiger partial charge in [-0.25, -0.2) is 4.79 Å². The van der Waals surface area contributed by atoms with Crippen LogP contribution in [-0.2, 0) is 4.74 Å². The van der Waals surface area contributed by atoms with Crippen molar-refractivity contribution < 1.29 is 19.1 Å². The van der Waals surface area contributed by atoms with Crippen LogP contribution in [0, 0.1) is 0 Å². The molecule has 2 amide bonds. The summed E-state index contributed by atoms with van der Waals surface area (Å²) in [5.74, 6) is 0.448. The van der Waals surface area contributed by atoms with E-state index >= 15 is 0 Å². The summed E-state index contributed by atoms with van der Waals surface area (Å²) in [5.41, 5.74) is 0.350. The molecule has 1 atom stereocenters. The Bertz CT molecular complexity index is 548. The van der Waals surface area contributed by atoms with E-state index in [-0.39, 0.29) is 18.0 Å². The van der Waals surface area contributed by atoms with Gasteiger partial charge in [0.05, 0.1) is 13.2 Å². The highest BCUT2D eigenvalue weighted by atomic mass is 16.6. The molecule has 1 aromatic heterocycles. The molecule has 1 aromatic rings. The van der Waals surface area contributed by atoms with Gasteiger partial charge in [-0.3, -0.25) is 14.7 Å². The normalized spacial score (nSPS) is 21.4. The Morgan fingerprint density at radius 1 is 1.50 bits per heavy atom. The Balaban J connectivity index is 1.73. The number of methoxy groups -OCH3 is 1. The standard InChI is InChI=1S/C13H15N3O4/c1-19-10-2-3-14-11(6-10)12(17)15-4-5-16-9(7-15)8-20-13(16)18/h2-3,6,9H,4-5,7-8H2,1H3/t9-/m1/s1. The number of ether oxygens (including phenoxy) is 2. The van der Waals surface area contributed by atoms with E-state index in [9.17, 15) is 9.59 Å². The first-order valence-corrected chi connectivity index (χ1v) is 6.42. The molecule has 0 radical (unpaired) electrons. The molecule has 3 heterocycles. The maximum atomic E-state index is 12.4. The smallest absolute Gasteiger partial charge is 0.410 e. The van der Waals surface area contributed by atoms with Gasteiger partial charge < -0.3 is 14.4 Å². The van der Waals surface area contributed by atoms with Crippen LogP contribution in [0.1, 0.15) is 10.5 Å². The second-order valence-electron chi connectivity index (χ2n) is 4.76. The molecular formula is C13H15N3O4. The minimum absolute atomic E-state index is 0.0502. The lowest BCUT2D eigenvalue weighted by Crippen LogP contribution is -2.53. The first kappa shape index (κ1) is 12.7. The molecule has 0 aromatic carbocycles. The van der Waals surface area contributed by atoms with Crippen molar-refractivity contribution in [2.75, 3.05) is 33.4 Å². The number of nitrogens with zero attached hydrogens (tertiary/aromatic N) is 3. The Kier molecular flexibility index (Phi) is 3.17. The molecule has 20 heavy (non-hydrogen) atoms. The third-order valence-electron chi connectivity index (χ3n) is 3.59. The van der Waals surface area contributed by atoms with Gasteiger partial charge in [0.2, 0.25) is 0 Å². The van der Waals surface area contributed by atoms with Gasteiger partial charge in [0.1, 0.15) is 18.1 Å². The number of hydrogen-bond donors (Lipinski definition) is 0. The van der Waals surface area contributed by atoms with Gasteiger partial charge in [-0.2, -0.15) is 0 Å². The second kappa shape index (κ2) is 4.99. The van der Waals surface area contributed by atoms with Crippen molar-refractivity contribution in [3.8, 4) is 5.75 Å². The van der Waals surface area contributed by atoms with Crippen molar-refractivity contribution in [1.29, 1.82) is 0 Å². The SMILES string of the molecule is COc1ccnc(C(=O)N2CCN3C(=O)OC[C@H]3C2)c1. The summed E-state index contributed by atoms with van der Waals surface area (Å²) >= 11 is 0. The van der Waals surface area contributed by atoms with Crippen molar-refractivity contribution in [2.24, 2.45) is 0 Å². The monoisotopic (exact) mass is 277 g/mol. The predicted octanol–water partition coefficient (Wildman–Crippen LogP) is 0.367. The minimum atomic E-state index is -0.290. The molecule has 2 aliphatic heterocycles. The maximum Gasteiger partial charge on any atom is 0.410 e. The van der Waals surface area contributed by atoms with Crippen LogP contribution in [0.25, 0.3) is 0 Å². The number of aromatic nitrogens is 1. The topological polar surface area (TPSA) is 72.0 Å². The van der Waals surface area contributed by atoms with Gasteiger partial charge in [0.25, 0.3) is 5.91 Å². The van der Waals surface area contributed by atoms with E-state index in [0.717, 1.165) is 0 Å². The zero-order valence-electron chi connectivity index (χ0n) is 11.1. The maximum absolute atomic E-state index is 12.4. The molecule has 0 saturated carbocycles. The lowest BCUT2D eigenvalue weighted by atomic mass is 10.2. The van der Waals surface area contributed by atoms with Gasteiger partial charge in [0, 0.05) is 31.9 Å². The molecule has 0 aliphatic carbocycles. The molecule has 106 valence electrons. The minimum Gasteiger partial charge on any atom is -0.497 e. The second-order valence-corrected chi connectivity index (χ2v) is 4.76. The third-order valence-corrected chi connectivity index (χ3v) is 3.59. The molecule has 2 fully saturated rings. The fourth-order valence-corrected chi connectivity index (χ4v) is 2.49. The van der Waals surface area contributed by atoms with Crippen molar-refractivity contribution in [2.45, 2.75) is 6.04 Å². The van der Waals surface area contributed by atoms with Crippen LogP contribution in [0.5, 0.6) is 5.75 Å². The summed E-state index contributed by atoms with van der Waals surface area (Å²) in [6.45, 7) is 1.81. The van der Waals surface area contributed by atoms with E-state index < -0.39 is 0 Å². The Morgan fingerprint density at radius 3 is 3.15 bits per heavy atom.